The van der Waals surface area contributed by atoms with E-state index in [0.717, 1.165) is 46.2 Å². The van der Waals surface area contributed by atoms with Crippen molar-refractivity contribution >= 4 is 22.4 Å². The number of fused-ring (bicyclic) bond motifs is 1. The molecule has 0 saturated heterocycles. The van der Waals surface area contributed by atoms with Gasteiger partial charge in [-0.2, -0.15) is 0 Å². The topological polar surface area (TPSA) is 35.2 Å². The highest BCUT2D eigenvalue weighted by Crippen LogP contribution is 2.42. The monoisotopic (exact) mass is 449 g/mol. The highest BCUT2D eigenvalue weighted by atomic mass is 35.5. The first kappa shape index (κ1) is 23.1. The van der Waals surface area contributed by atoms with Gasteiger partial charge in [-0.05, 0) is 97.0 Å². The summed E-state index contributed by atoms with van der Waals surface area (Å²) in [6.07, 6.45) is 4.94. The fraction of sp³-hybridized carbons (Fsp3) is 0.448. The molecule has 1 fully saturated rings. The zero-order valence-corrected chi connectivity index (χ0v) is 20.8. The molecule has 0 aromatic heterocycles. The molecule has 1 aliphatic carbocycles. The standard InChI is InChI=1S/C29H36ClNO/c1-28(2,3)21-9-14-24(15-10-21)32-26-17-8-20-18-22(29(4,5)31)11-16-25(20)27(26)19-6-12-23(30)13-7-19/h6-8,11-13,16-18,21,24H,9-10,14-15,31H2,1-5H3/t21-,24-. The fourth-order valence-electron chi connectivity index (χ4n) is 4.95. The Hall–Kier alpha value is -2.03. The average Bonchev–Trinajstić information content (AvgIpc) is 2.73. The van der Waals surface area contributed by atoms with Crippen LogP contribution in [-0.4, -0.2) is 6.10 Å². The van der Waals surface area contributed by atoms with Crippen molar-refractivity contribution in [2.75, 3.05) is 0 Å². The van der Waals surface area contributed by atoms with E-state index < -0.39 is 0 Å². The van der Waals surface area contributed by atoms with Crippen LogP contribution < -0.4 is 10.5 Å². The van der Waals surface area contributed by atoms with Crippen LogP contribution in [0.4, 0.5) is 0 Å². The van der Waals surface area contributed by atoms with Crippen molar-refractivity contribution in [2.45, 2.75) is 71.9 Å². The minimum absolute atomic E-state index is 0.263. The quantitative estimate of drug-likeness (QED) is 0.434. The van der Waals surface area contributed by atoms with E-state index in [9.17, 15) is 0 Å². The Kier molecular flexibility index (Phi) is 6.31. The van der Waals surface area contributed by atoms with Gasteiger partial charge in [-0.15, -0.1) is 0 Å². The molecule has 0 bridgehead atoms. The Labute approximate surface area is 198 Å². The first-order valence-electron chi connectivity index (χ1n) is 11.8. The maximum atomic E-state index is 6.68. The molecular weight excluding hydrogens is 414 g/mol. The molecule has 170 valence electrons. The van der Waals surface area contributed by atoms with Crippen LogP contribution in [0.3, 0.4) is 0 Å². The van der Waals surface area contributed by atoms with Crippen LogP contribution in [0, 0.1) is 11.3 Å². The van der Waals surface area contributed by atoms with Gasteiger partial charge in [0, 0.05) is 16.1 Å². The molecule has 0 aliphatic heterocycles. The molecule has 0 spiro atoms. The maximum Gasteiger partial charge on any atom is 0.128 e. The van der Waals surface area contributed by atoms with Gasteiger partial charge in [0.1, 0.15) is 5.75 Å². The van der Waals surface area contributed by atoms with Crippen molar-refractivity contribution in [1.82, 2.24) is 0 Å². The van der Waals surface area contributed by atoms with Gasteiger partial charge < -0.3 is 10.5 Å². The largest absolute Gasteiger partial charge is 0.490 e. The van der Waals surface area contributed by atoms with E-state index in [1.165, 1.54) is 23.6 Å². The number of ether oxygens (including phenoxy) is 1. The van der Waals surface area contributed by atoms with Crippen molar-refractivity contribution in [3.8, 4) is 16.9 Å². The lowest BCUT2D eigenvalue weighted by Gasteiger charge is -2.37. The Morgan fingerprint density at radius 1 is 0.844 bits per heavy atom. The van der Waals surface area contributed by atoms with Gasteiger partial charge in [-0.25, -0.2) is 0 Å². The Balaban J connectivity index is 1.72. The van der Waals surface area contributed by atoms with Crippen LogP contribution in [0.2, 0.25) is 5.02 Å². The van der Waals surface area contributed by atoms with E-state index in [1.807, 2.05) is 26.0 Å². The van der Waals surface area contributed by atoms with E-state index in [-0.39, 0.29) is 11.6 Å². The molecule has 1 aliphatic rings. The summed E-state index contributed by atoms with van der Waals surface area (Å²) in [6, 6.07) is 18.9. The third-order valence-electron chi connectivity index (χ3n) is 7.05. The van der Waals surface area contributed by atoms with E-state index in [4.69, 9.17) is 22.1 Å². The molecule has 2 nitrogen and oxygen atoms in total. The summed E-state index contributed by atoms with van der Waals surface area (Å²) in [6.45, 7) is 11.2. The predicted molar refractivity (Wildman–Crippen MR) is 137 cm³/mol. The molecule has 3 aromatic carbocycles. The lowest BCUT2D eigenvalue weighted by molar-refractivity contribution is 0.0887. The van der Waals surface area contributed by atoms with Crippen LogP contribution in [0.1, 0.15) is 65.9 Å². The molecule has 32 heavy (non-hydrogen) atoms. The molecule has 2 N–H and O–H groups in total. The van der Waals surface area contributed by atoms with Crippen molar-refractivity contribution in [2.24, 2.45) is 17.1 Å². The van der Waals surface area contributed by atoms with Crippen molar-refractivity contribution in [3.63, 3.8) is 0 Å². The van der Waals surface area contributed by atoms with Gasteiger partial charge in [0.15, 0.2) is 0 Å². The highest BCUT2D eigenvalue weighted by Gasteiger charge is 2.31. The van der Waals surface area contributed by atoms with Gasteiger partial charge in [0.05, 0.1) is 6.10 Å². The van der Waals surface area contributed by atoms with E-state index in [2.05, 4.69) is 63.2 Å². The Bertz CT molecular complexity index is 1080. The maximum absolute atomic E-state index is 6.68. The minimum atomic E-state index is -0.379. The van der Waals surface area contributed by atoms with Crippen molar-refractivity contribution in [1.29, 1.82) is 0 Å². The second-order valence-electron chi connectivity index (χ2n) is 11.1. The first-order chi connectivity index (χ1) is 15.0. The normalized spacial score (nSPS) is 19.8. The molecule has 0 heterocycles. The summed E-state index contributed by atoms with van der Waals surface area (Å²) >= 11 is 6.19. The highest BCUT2D eigenvalue weighted by molar-refractivity contribution is 6.30. The predicted octanol–water partition coefficient (Wildman–Crippen LogP) is 8.34. The molecule has 1 saturated carbocycles. The molecule has 0 amide bonds. The zero-order valence-electron chi connectivity index (χ0n) is 20.0. The number of hydrogen-bond donors (Lipinski definition) is 1. The van der Waals surface area contributed by atoms with Crippen molar-refractivity contribution in [3.05, 3.63) is 65.2 Å². The van der Waals surface area contributed by atoms with Gasteiger partial charge in [-0.1, -0.05) is 62.7 Å². The third kappa shape index (κ3) is 4.97. The smallest absolute Gasteiger partial charge is 0.128 e. The summed E-state index contributed by atoms with van der Waals surface area (Å²) < 4.78 is 6.68. The Morgan fingerprint density at radius 3 is 2.09 bits per heavy atom. The second kappa shape index (κ2) is 8.72. The Morgan fingerprint density at radius 2 is 1.50 bits per heavy atom. The third-order valence-corrected chi connectivity index (χ3v) is 7.30. The molecule has 0 atom stereocenters. The average molecular weight is 450 g/mol. The second-order valence-corrected chi connectivity index (χ2v) is 11.5. The van der Waals surface area contributed by atoms with Crippen LogP contribution in [-0.2, 0) is 5.54 Å². The molecule has 3 aromatic rings. The SMILES string of the molecule is CC(C)(N)c1ccc2c(-c3ccc(Cl)cc3)c(O[C@H]3CC[C@H](C(C)(C)C)CC3)ccc2c1. The molecule has 0 radical (unpaired) electrons. The van der Waals surface area contributed by atoms with Crippen LogP contribution in [0.25, 0.3) is 21.9 Å². The first-order valence-corrected chi connectivity index (χ1v) is 12.2. The van der Waals surface area contributed by atoms with Gasteiger partial charge in [-0.3, -0.25) is 0 Å². The minimum Gasteiger partial charge on any atom is -0.490 e. The van der Waals surface area contributed by atoms with Crippen LogP contribution in [0.5, 0.6) is 5.75 Å². The van der Waals surface area contributed by atoms with E-state index in [1.54, 1.807) is 0 Å². The van der Waals surface area contributed by atoms with Gasteiger partial charge in [0.25, 0.3) is 0 Å². The fourth-order valence-corrected chi connectivity index (χ4v) is 5.08. The molecular formula is C29H36ClNO. The summed E-state index contributed by atoms with van der Waals surface area (Å²) in [4.78, 5) is 0. The zero-order chi connectivity index (χ0) is 23.1. The van der Waals surface area contributed by atoms with Gasteiger partial charge in [0.2, 0.25) is 0 Å². The molecule has 0 unspecified atom stereocenters. The summed E-state index contributed by atoms with van der Waals surface area (Å²) in [5, 5.41) is 3.10. The number of halogens is 1. The molecule has 3 heteroatoms. The van der Waals surface area contributed by atoms with Crippen LogP contribution >= 0.6 is 11.6 Å². The van der Waals surface area contributed by atoms with E-state index in [0.29, 0.717) is 5.41 Å². The lowest BCUT2D eigenvalue weighted by atomic mass is 9.72. The van der Waals surface area contributed by atoms with Crippen molar-refractivity contribution < 1.29 is 4.74 Å². The number of nitrogens with two attached hydrogens (primary N) is 1. The number of rotatable bonds is 4. The van der Waals surface area contributed by atoms with Crippen LogP contribution in [0.15, 0.2) is 54.6 Å². The lowest BCUT2D eigenvalue weighted by Crippen LogP contribution is -2.30. The number of hydrogen-bond acceptors (Lipinski definition) is 2. The summed E-state index contributed by atoms with van der Waals surface area (Å²) in [7, 11) is 0. The molecule has 4 rings (SSSR count). The van der Waals surface area contributed by atoms with Gasteiger partial charge >= 0.3 is 0 Å². The number of benzene rings is 3. The summed E-state index contributed by atoms with van der Waals surface area (Å²) in [5.74, 6) is 1.73. The van der Waals surface area contributed by atoms with E-state index >= 15 is 0 Å². The summed E-state index contributed by atoms with van der Waals surface area (Å²) in [5.41, 5.74) is 9.75.